The summed E-state index contributed by atoms with van der Waals surface area (Å²) in [5, 5.41) is 3.13. The Labute approximate surface area is 121 Å². The number of benzene rings is 1. The molecule has 1 aromatic carbocycles. The highest BCUT2D eigenvalue weighted by atomic mass is 16.5. The third kappa shape index (κ3) is 4.55. The van der Waals surface area contributed by atoms with E-state index in [1.807, 2.05) is 38.1 Å². The fraction of sp³-hybridized carbons (Fsp3) is 0.588. The van der Waals surface area contributed by atoms with E-state index in [-0.39, 0.29) is 5.91 Å². The molecule has 1 atom stereocenters. The lowest BCUT2D eigenvalue weighted by Gasteiger charge is -2.20. The maximum atomic E-state index is 12.2. The maximum Gasteiger partial charge on any atom is 0.260 e. The average molecular weight is 275 g/mol. The summed E-state index contributed by atoms with van der Waals surface area (Å²) in [4.78, 5) is 12.2. The second kappa shape index (κ2) is 7.32. The molecule has 2 rings (SSSR count). The van der Waals surface area contributed by atoms with Crippen LogP contribution in [0.4, 0.5) is 0 Å². The Kier molecular flexibility index (Phi) is 5.45. The second-order valence-corrected chi connectivity index (χ2v) is 5.77. The molecule has 1 aliphatic rings. The van der Waals surface area contributed by atoms with Gasteiger partial charge >= 0.3 is 0 Å². The molecule has 1 aliphatic carbocycles. The summed E-state index contributed by atoms with van der Waals surface area (Å²) in [6.07, 6.45) is 6.78. The van der Waals surface area contributed by atoms with Gasteiger partial charge in [0.1, 0.15) is 5.75 Å². The Morgan fingerprint density at radius 1 is 1.25 bits per heavy atom. The Bertz CT molecular complexity index is 436. The van der Waals surface area contributed by atoms with Crippen molar-refractivity contribution in [3.8, 4) is 5.75 Å². The lowest BCUT2D eigenvalue weighted by molar-refractivity contribution is -0.128. The van der Waals surface area contributed by atoms with Crippen LogP contribution < -0.4 is 10.1 Å². The van der Waals surface area contributed by atoms with E-state index in [0.717, 1.165) is 24.2 Å². The molecule has 0 aliphatic heterocycles. The second-order valence-electron chi connectivity index (χ2n) is 5.77. The molecular weight excluding hydrogens is 250 g/mol. The smallest absolute Gasteiger partial charge is 0.260 e. The normalized spacial score (nSPS) is 18.1. The van der Waals surface area contributed by atoms with Gasteiger partial charge in [0, 0.05) is 6.04 Å². The van der Waals surface area contributed by atoms with Gasteiger partial charge in [-0.2, -0.15) is 0 Å². The third-order valence-corrected chi connectivity index (χ3v) is 3.87. The summed E-state index contributed by atoms with van der Waals surface area (Å²) in [5.41, 5.74) is 1.14. The number of rotatable bonds is 4. The van der Waals surface area contributed by atoms with E-state index in [1.165, 1.54) is 25.7 Å². The summed E-state index contributed by atoms with van der Waals surface area (Å²) in [6, 6.07) is 8.13. The van der Waals surface area contributed by atoms with Crippen LogP contribution in [0.1, 0.15) is 51.0 Å². The van der Waals surface area contributed by atoms with Gasteiger partial charge in [-0.1, -0.05) is 37.8 Å². The molecule has 1 saturated carbocycles. The molecule has 1 amide bonds. The largest absolute Gasteiger partial charge is 0.481 e. The van der Waals surface area contributed by atoms with Crippen molar-refractivity contribution in [3.05, 3.63) is 29.8 Å². The predicted octanol–water partition coefficient (Wildman–Crippen LogP) is 3.60. The number of hydrogen-bond donors (Lipinski definition) is 1. The Balaban J connectivity index is 1.85. The first-order valence-corrected chi connectivity index (χ1v) is 7.69. The molecule has 0 radical (unpaired) electrons. The maximum absolute atomic E-state index is 12.2. The lowest BCUT2D eigenvalue weighted by atomic mass is 10.1. The van der Waals surface area contributed by atoms with E-state index in [4.69, 9.17) is 4.74 Å². The molecule has 0 spiro atoms. The summed E-state index contributed by atoms with van der Waals surface area (Å²) in [7, 11) is 0. The number of hydrogen-bond acceptors (Lipinski definition) is 2. The van der Waals surface area contributed by atoms with Crippen LogP contribution in [0.15, 0.2) is 24.3 Å². The molecule has 0 unspecified atom stereocenters. The van der Waals surface area contributed by atoms with Gasteiger partial charge in [-0.3, -0.25) is 4.79 Å². The van der Waals surface area contributed by atoms with Crippen LogP contribution in [0.3, 0.4) is 0 Å². The van der Waals surface area contributed by atoms with Gasteiger partial charge in [0.15, 0.2) is 6.10 Å². The van der Waals surface area contributed by atoms with Gasteiger partial charge < -0.3 is 10.1 Å². The van der Waals surface area contributed by atoms with E-state index in [2.05, 4.69) is 5.32 Å². The quantitative estimate of drug-likeness (QED) is 0.853. The van der Waals surface area contributed by atoms with E-state index in [1.54, 1.807) is 0 Å². The van der Waals surface area contributed by atoms with E-state index in [9.17, 15) is 4.79 Å². The van der Waals surface area contributed by atoms with Crippen molar-refractivity contribution < 1.29 is 9.53 Å². The van der Waals surface area contributed by atoms with Crippen LogP contribution in [0, 0.1) is 6.92 Å². The van der Waals surface area contributed by atoms with Crippen LogP contribution >= 0.6 is 0 Å². The zero-order valence-corrected chi connectivity index (χ0v) is 12.5. The minimum absolute atomic E-state index is 0.00148. The Hall–Kier alpha value is -1.51. The zero-order valence-electron chi connectivity index (χ0n) is 12.5. The van der Waals surface area contributed by atoms with Gasteiger partial charge in [0.05, 0.1) is 0 Å². The number of ether oxygens (including phenoxy) is 1. The monoisotopic (exact) mass is 275 g/mol. The van der Waals surface area contributed by atoms with E-state index < -0.39 is 6.10 Å². The van der Waals surface area contributed by atoms with Crippen molar-refractivity contribution in [2.45, 2.75) is 64.5 Å². The standard InChI is InChI=1S/C17H25NO2/c1-13-8-7-11-16(12-13)20-14(2)17(19)18-15-9-5-3-4-6-10-15/h7-8,11-12,14-15H,3-6,9-10H2,1-2H3,(H,18,19)/t14-/m0/s1. The highest BCUT2D eigenvalue weighted by Crippen LogP contribution is 2.18. The van der Waals surface area contributed by atoms with Gasteiger partial charge in [-0.15, -0.1) is 0 Å². The molecule has 0 bridgehead atoms. The molecule has 1 N–H and O–H groups in total. The van der Waals surface area contributed by atoms with Crippen molar-refractivity contribution in [2.75, 3.05) is 0 Å². The summed E-state index contributed by atoms with van der Waals surface area (Å²) < 4.78 is 5.72. The molecular formula is C17H25NO2. The average Bonchev–Trinajstić information content (AvgIpc) is 2.67. The zero-order chi connectivity index (χ0) is 14.4. The highest BCUT2D eigenvalue weighted by molar-refractivity contribution is 5.81. The summed E-state index contributed by atoms with van der Waals surface area (Å²) >= 11 is 0. The molecule has 0 saturated heterocycles. The number of carbonyl (C=O) groups excluding carboxylic acids is 1. The number of carbonyl (C=O) groups is 1. The molecule has 0 aromatic heterocycles. The van der Waals surface area contributed by atoms with Crippen LogP contribution in [-0.2, 0) is 4.79 Å². The first-order valence-electron chi connectivity index (χ1n) is 7.69. The first kappa shape index (κ1) is 14.9. The van der Waals surface area contributed by atoms with Crippen molar-refractivity contribution >= 4 is 5.91 Å². The molecule has 1 aromatic rings. The molecule has 1 fully saturated rings. The Morgan fingerprint density at radius 2 is 1.95 bits per heavy atom. The fourth-order valence-corrected chi connectivity index (χ4v) is 2.69. The topological polar surface area (TPSA) is 38.3 Å². The molecule has 3 nitrogen and oxygen atoms in total. The van der Waals surface area contributed by atoms with Crippen LogP contribution in [0.25, 0.3) is 0 Å². The SMILES string of the molecule is Cc1cccc(O[C@@H](C)C(=O)NC2CCCCCC2)c1. The molecule has 3 heteroatoms. The van der Waals surface area contributed by atoms with E-state index in [0.29, 0.717) is 6.04 Å². The molecule has 110 valence electrons. The van der Waals surface area contributed by atoms with Crippen LogP contribution in [0.5, 0.6) is 5.75 Å². The number of amides is 1. The summed E-state index contributed by atoms with van der Waals surface area (Å²) in [6.45, 7) is 3.83. The lowest BCUT2D eigenvalue weighted by Crippen LogP contribution is -2.42. The minimum atomic E-state index is -0.444. The van der Waals surface area contributed by atoms with Gasteiger partial charge in [-0.05, 0) is 44.4 Å². The van der Waals surface area contributed by atoms with E-state index >= 15 is 0 Å². The predicted molar refractivity (Wildman–Crippen MR) is 80.9 cm³/mol. The van der Waals surface area contributed by atoms with Crippen LogP contribution in [-0.4, -0.2) is 18.1 Å². The third-order valence-electron chi connectivity index (χ3n) is 3.87. The Morgan fingerprint density at radius 3 is 2.60 bits per heavy atom. The minimum Gasteiger partial charge on any atom is -0.481 e. The fourth-order valence-electron chi connectivity index (χ4n) is 2.69. The van der Waals surface area contributed by atoms with Crippen molar-refractivity contribution in [1.82, 2.24) is 5.32 Å². The highest BCUT2D eigenvalue weighted by Gasteiger charge is 2.20. The number of nitrogens with one attached hydrogen (secondary N) is 1. The van der Waals surface area contributed by atoms with Gasteiger partial charge in [0.2, 0.25) is 0 Å². The molecule has 20 heavy (non-hydrogen) atoms. The van der Waals surface area contributed by atoms with Gasteiger partial charge in [-0.25, -0.2) is 0 Å². The summed E-state index contributed by atoms with van der Waals surface area (Å²) in [5.74, 6) is 0.756. The van der Waals surface area contributed by atoms with Crippen molar-refractivity contribution in [2.24, 2.45) is 0 Å². The number of aryl methyl sites for hydroxylation is 1. The molecule has 0 heterocycles. The van der Waals surface area contributed by atoms with Crippen LogP contribution in [0.2, 0.25) is 0 Å². The van der Waals surface area contributed by atoms with Crippen molar-refractivity contribution in [1.29, 1.82) is 0 Å². The first-order chi connectivity index (χ1) is 9.65. The van der Waals surface area contributed by atoms with Crippen molar-refractivity contribution in [3.63, 3.8) is 0 Å². The van der Waals surface area contributed by atoms with Gasteiger partial charge in [0.25, 0.3) is 5.91 Å².